The maximum atomic E-state index is 10.8. The second-order valence-corrected chi connectivity index (χ2v) is 2.64. The van der Waals surface area contributed by atoms with E-state index in [1.807, 2.05) is 0 Å². The molecule has 0 amide bonds. The Morgan fingerprint density at radius 3 is 2.73 bits per heavy atom. The Kier molecular flexibility index (Phi) is 5.53. The van der Waals surface area contributed by atoms with Crippen LogP contribution in [0.25, 0.3) is 0 Å². The Morgan fingerprint density at radius 1 is 1.64 bits per heavy atom. The molecule has 0 aliphatic heterocycles. The van der Waals surface area contributed by atoms with Gasteiger partial charge in [0.1, 0.15) is 0 Å². The van der Waals surface area contributed by atoms with E-state index in [1.54, 1.807) is 13.0 Å². The van der Waals surface area contributed by atoms with E-state index in [0.29, 0.717) is 12.5 Å². The minimum absolute atomic E-state index is 0.243. The third-order valence-corrected chi connectivity index (χ3v) is 1.51. The normalized spacial score (nSPS) is 13.4. The van der Waals surface area contributed by atoms with Gasteiger partial charge in [0.05, 0.1) is 6.61 Å². The Morgan fingerprint density at radius 2 is 2.27 bits per heavy atom. The highest BCUT2D eigenvalue weighted by molar-refractivity contribution is 5.81. The minimum Gasteiger partial charge on any atom is -0.462 e. The molecule has 0 saturated carbocycles. The standard InChI is InChI=1S/C9H16O2/c1-4-6-9(10)11-7-8(3)5-2/h4,6,8H,5,7H2,1-3H3/b6-4-/t8-/m1/s1. The van der Waals surface area contributed by atoms with Gasteiger partial charge >= 0.3 is 5.97 Å². The Hall–Kier alpha value is -0.790. The first kappa shape index (κ1) is 10.2. The van der Waals surface area contributed by atoms with Crippen LogP contribution in [0.3, 0.4) is 0 Å². The summed E-state index contributed by atoms with van der Waals surface area (Å²) in [6.45, 7) is 6.46. The number of esters is 1. The summed E-state index contributed by atoms with van der Waals surface area (Å²) in [7, 11) is 0. The summed E-state index contributed by atoms with van der Waals surface area (Å²) in [4.78, 5) is 10.8. The van der Waals surface area contributed by atoms with Crippen LogP contribution in [0.5, 0.6) is 0 Å². The lowest BCUT2D eigenvalue weighted by Gasteiger charge is -2.06. The molecule has 0 fully saturated rings. The van der Waals surface area contributed by atoms with E-state index in [4.69, 9.17) is 4.74 Å². The summed E-state index contributed by atoms with van der Waals surface area (Å²) in [6, 6.07) is 0. The van der Waals surface area contributed by atoms with Crippen molar-refractivity contribution in [2.24, 2.45) is 5.92 Å². The Balaban J connectivity index is 3.45. The van der Waals surface area contributed by atoms with Crippen LogP contribution in [0.1, 0.15) is 27.2 Å². The summed E-state index contributed by atoms with van der Waals surface area (Å²) in [6.07, 6.45) is 4.16. The zero-order chi connectivity index (χ0) is 8.69. The number of carbonyl (C=O) groups is 1. The van der Waals surface area contributed by atoms with E-state index in [9.17, 15) is 4.79 Å². The van der Waals surface area contributed by atoms with Gasteiger partial charge in [0.15, 0.2) is 0 Å². The lowest BCUT2D eigenvalue weighted by Crippen LogP contribution is -2.08. The molecular weight excluding hydrogens is 140 g/mol. The molecule has 11 heavy (non-hydrogen) atoms. The maximum Gasteiger partial charge on any atom is 0.330 e. The summed E-state index contributed by atoms with van der Waals surface area (Å²) in [5.41, 5.74) is 0. The third-order valence-electron chi connectivity index (χ3n) is 1.51. The molecular formula is C9H16O2. The van der Waals surface area contributed by atoms with Gasteiger partial charge in [-0.3, -0.25) is 0 Å². The van der Waals surface area contributed by atoms with Gasteiger partial charge in [-0.2, -0.15) is 0 Å². The summed E-state index contributed by atoms with van der Waals surface area (Å²) in [5, 5.41) is 0. The van der Waals surface area contributed by atoms with Gasteiger partial charge in [-0.25, -0.2) is 4.79 Å². The van der Waals surface area contributed by atoms with Crippen molar-refractivity contribution in [2.75, 3.05) is 6.61 Å². The summed E-state index contributed by atoms with van der Waals surface area (Å²) < 4.78 is 4.91. The first-order valence-electron chi connectivity index (χ1n) is 4.00. The lowest BCUT2D eigenvalue weighted by atomic mass is 10.1. The van der Waals surface area contributed by atoms with Crippen molar-refractivity contribution in [3.05, 3.63) is 12.2 Å². The van der Waals surface area contributed by atoms with Gasteiger partial charge in [-0.15, -0.1) is 0 Å². The van der Waals surface area contributed by atoms with E-state index in [0.717, 1.165) is 6.42 Å². The number of hydrogen-bond acceptors (Lipinski definition) is 2. The molecule has 0 N–H and O–H groups in total. The predicted molar refractivity (Wildman–Crippen MR) is 45.2 cm³/mol. The number of ether oxygens (including phenoxy) is 1. The van der Waals surface area contributed by atoms with E-state index < -0.39 is 0 Å². The molecule has 0 spiro atoms. The van der Waals surface area contributed by atoms with Gasteiger partial charge in [0.25, 0.3) is 0 Å². The van der Waals surface area contributed by atoms with Crippen molar-refractivity contribution in [3.63, 3.8) is 0 Å². The SMILES string of the molecule is C/C=C\C(=O)OC[C@H](C)CC. The van der Waals surface area contributed by atoms with Gasteiger partial charge in [-0.1, -0.05) is 26.3 Å². The van der Waals surface area contributed by atoms with Crippen LogP contribution in [0.2, 0.25) is 0 Å². The third kappa shape index (κ3) is 5.64. The lowest BCUT2D eigenvalue weighted by molar-refractivity contribution is -0.138. The quantitative estimate of drug-likeness (QED) is 0.460. The van der Waals surface area contributed by atoms with E-state index >= 15 is 0 Å². The Bertz CT molecular complexity index is 138. The largest absolute Gasteiger partial charge is 0.462 e. The summed E-state index contributed by atoms with van der Waals surface area (Å²) >= 11 is 0. The van der Waals surface area contributed by atoms with E-state index in [2.05, 4.69) is 13.8 Å². The van der Waals surface area contributed by atoms with Crippen LogP contribution in [0.4, 0.5) is 0 Å². The highest BCUT2D eigenvalue weighted by Crippen LogP contribution is 2.00. The van der Waals surface area contributed by atoms with E-state index in [-0.39, 0.29) is 5.97 Å². The fourth-order valence-corrected chi connectivity index (χ4v) is 0.526. The number of allylic oxidation sites excluding steroid dienone is 1. The second-order valence-electron chi connectivity index (χ2n) is 2.64. The van der Waals surface area contributed by atoms with Gasteiger partial charge in [0, 0.05) is 6.08 Å². The fourth-order valence-electron chi connectivity index (χ4n) is 0.526. The van der Waals surface area contributed by atoms with Crippen LogP contribution in [-0.4, -0.2) is 12.6 Å². The van der Waals surface area contributed by atoms with Crippen molar-refractivity contribution in [2.45, 2.75) is 27.2 Å². The minimum atomic E-state index is -0.243. The molecule has 0 aliphatic rings. The molecule has 0 saturated heterocycles. The summed E-state index contributed by atoms with van der Waals surface area (Å²) in [5.74, 6) is 0.219. The molecule has 0 aromatic carbocycles. The van der Waals surface area contributed by atoms with Crippen molar-refractivity contribution >= 4 is 5.97 Å². The zero-order valence-electron chi connectivity index (χ0n) is 7.46. The molecule has 0 rings (SSSR count). The molecule has 0 aliphatic carbocycles. The van der Waals surface area contributed by atoms with Crippen LogP contribution in [0, 0.1) is 5.92 Å². The van der Waals surface area contributed by atoms with Gasteiger partial charge in [-0.05, 0) is 12.8 Å². The number of rotatable bonds is 4. The molecule has 2 nitrogen and oxygen atoms in total. The molecule has 0 aromatic rings. The van der Waals surface area contributed by atoms with Crippen molar-refractivity contribution in [1.82, 2.24) is 0 Å². The highest BCUT2D eigenvalue weighted by Gasteiger charge is 2.01. The number of hydrogen-bond donors (Lipinski definition) is 0. The maximum absolute atomic E-state index is 10.8. The number of carbonyl (C=O) groups excluding carboxylic acids is 1. The molecule has 0 bridgehead atoms. The predicted octanol–water partition coefficient (Wildman–Crippen LogP) is 2.15. The molecule has 2 heteroatoms. The molecule has 0 heterocycles. The van der Waals surface area contributed by atoms with Crippen LogP contribution < -0.4 is 0 Å². The first-order chi connectivity index (χ1) is 5.20. The smallest absolute Gasteiger partial charge is 0.330 e. The van der Waals surface area contributed by atoms with Crippen LogP contribution in [-0.2, 0) is 9.53 Å². The van der Waals surface area contributed by atoms with Crippen LogP contribution in [0.15, 0.2) is 12.2 Å². The molecule has 0 unspecified atom stereocenters. The Labute approximate surface area is 68.2 Å². The highest BCUT2D eigenvalue weighted by atomic mass is 16.5. The van der Waals surface area contributed by atoms with Crippen molar-refractivity contribution < 1.29 is 9.53 Å². The molecule has 1 atom stereocenters. The zero-order valence-corrected chi connectivity index (χ0v) is 7.46. The van der Waals surface area contributed by atoms with Gasteiger partial charge < -0.3 is 4.74 Å². The van der Waals surface area contributed by atoms with E-state index in [1.165, 1.54) is 6.08 Å². The monoisotopic (exact) mass is 156 g/mol. The average Bonchev–Trinajstić information content (AvgIpc) is 2.01. The topological polar surface area (TPSA) is 26.3 Å². The molecule has 0 radical (unpaired) electrons. The van der Waals surface area contributed by atoms with Gasteiger partial charge in [0.2, 0.25) is 0 Å². The van der Waals surface area contributed by atoms with Crippen molar-refractivity contribution in [3.8, 4) is 0 Å². The fraction of sp³-hybridized carbons (Fsp3) is 0.667. The second kappa shape index (κ2) is 5.96. The average molecular weight is 156 g/mol. The van der Waals surface area contributed by atoms with Crippen LogP contribution >= 0.6 is 0 Å². The van der Waals surface area contributed by atoms with Crippen molar-refractivity contribution in [1.29, 1.82) is 0 Å². The molecule has 64 valence electrons. The first-order valence-corrected chi connectivity index (χ1v) is 4.00. The molecule has 0 aromatic heterocycles.